The van der Waals surface area contributed by atoms with Crippen LogP contribution in [0.5, 0.6) is 11.5 Å². The van der Waals surface area contributed by atoms with Crippen molar-refractivity contribution >= 4 is 72.3 Å². The first-order valence-corrected chi connectivity index (χ1v) is 22.8. The molecule has 8 rings (SSSR count). The number of ether oxygens (including phenoxy) is 1. The van der Waals surface area contributed by atoms with Gasteiger partial charge in [0.1, 0.15) is 23.1 Å². The number of hydrogen-bond donors (Lipinski definition) is 5. The fraction of sp³-hybridized carbons (Fsp3) is 0.510. The minimum atomic E-state index is -0.832. The first-order chi connectivity index (χ1) is 29.9. The van der Waals surface area contributed by atoms with Gasteiger partial charge < -0.3 is 30.7 Å². The number of methoxy groups -OCH3 is 1. The number of allylic oxidation sites excluding steroid dienone is 1. The van der Waals surface area contributed by atoms with Gasteiger partial charge in [-0.25, -0.2) is 0 Å². The van der Waals surface area contributed by atoms with E-state index in [0.29, 0.717) is 121 Å². The minimum Gasteiger partial charge on any atom is -0.507 e. The second kappa shape index (κ2) is 17.6. The zero-order valence-electron chi connectivity index (χ0n) is 36.7. The highest BCUT2D eigenvalue weighted by Crippen LogP contribution is 2.56. The van der Waals surface area contributed by atoms with Gasteiger partial charge in [-0.15, -0.1) is 0 Å². The number of aromatic hydroxyl groups is 1. The van der Waals surface area contributed by atoms with Crippen molar-refractivity contribution in [3.8, 4) is 11.5 Å². The molecule has 328 valence electrons. The third kappa shape index (κ3) is 7.18. The largest absolute Gasteiger partial charge is 0.507 e. The monoisotopic (exact) mass is 844 g/mol. The van der Waals surface area contributed by atoms with E-state index in [2.05, 4.69) is 10.6 Å². The molecule has 0 saturated heterocycles. The number of benzene rings is 5. The molecule has 0 heterocycles. The molecule has 1 unspecified atom stereocenters. The summed E-state index contributed by atoms with van der Waals surface area (Å²) in [6, 6.07) is 2.75. The lowest BCUT2D eigenvalue weighted by molar-refractivity contribution is -0.126. The Morgan fingerprint density at radius 3 is 1.95 bits per heavy atom. The molecule has 5 aromatic carbocycles. The summed E-state index contributed by atoms with van der Waals surface area (Å²) in [5.41, 5.74) is 2.69. The molecule has 11 heteroatoms. The average molecular weight is 845 g/mol. The molecule has 3 aliphatic carbocycles. The van der Waals surface area contributed by atoms with Crippen LogP contribution in [0.3, 0.4) is 0 Å². The Bertz CT molecular complexity index is 2740. The maximum absolute atomic E-state index is 14.7. The number of phenols is 1. The number of Topliss-reactive ketones (excluding diaryl/α,β-unsaturated/α-hetero) is 2. The number of amides is 1. The Hall–Kier alpha value is -5.13. The maximum atomic E-state index is 14.7. The van der Waals surface area contributed by atoms with Crippen molar-refractivity contribution in [1.82, 2.24) is 5.32 Å². The number of phenolic OH excluding ortho intramolecular Hbond substituents is 1. The molecule has 0 aromatic heterocycles. The molecule has 2 fully saturated rings. The fourth-order valence-electron chi connectivity index (χ4n) is 11.7. The Balaban J connectivity index is 1.39. The molecule has 5 aromatic rings. The van der Waals surface area contributed by atoms with E-state index in [1.54, 1.807) is 0 Å². The topological polar surface area (TPSA) is 179 Å². The smallest absolute Gasteiger partial charge is 0.223 e. The van der Waals surface area contributed by atoms with Gasteiger partial charge >= 0.3 is 0 Å². The molecule has 5 N–H and O–H groups in total. The van der Waals surface area contributed by atoms with Crippen LogP contribution in [-0.2, 0) is 34.0 Å². The highest BCUT2D eigenvalue weighted by atomic mass is 16.5. The molecule has 0 bridgehead atoms. The molecule has 0 aliphatic heterocycles. The number of ketones is 2. The number of anilines is 1. The van der Waals surface area contributed by atoms with Crippen LogP contribution in [0.2, 0.25) is 0 Å². The minimum absolute atomic E-state index is 0.0232. The van der Waals surface area contributed by atoms with Crippen LogP contribution in [0.1, 0.15) is 132 Å². The van der Waals surface area contributed by atoms with Crippen molar-refractivity contribution in [3.63, 3.8) is 0 Å². The van der Waals surface area contributed by atoms with E-state index in [9.17, 15) is 39.3 Å². The average Bonchev–Trinajstić information content (AvgIpc) is 3.39. The molecular formula is C51H60N2O9. The molecule has 2 saturated carbocycles. The van der Waals surface area contributed by atoms with Crippen LogP contribution in [0, 0.1) is 23.7 Å². The second-order valence-corrected chi connectivity index (χ2v) is 18.3. The van der Waals surface area contributed by atoms with E-state index in [4.69, 9.17) is 4.74 Å². The van der Waals surface area contributed by atoms with Crippen LogP contribution < -0.4 is 26.2 Å². The summed E-state index contributed by atoms with van der Waals surface area (Å²) in [6.07, 6.45) is 11.1. The number of carbonyl (C=O) groups is 3. The number of aliphatic hydroxyl groups excluding tert-OH is 2. The van der Waals surface area contributed by atoms with Gasteiger partial charge in [-0.05, 0) is 154 Å². The Kier molecular flexibility index (Phi) is 12.3. The number of carbonyl (C=O) groups excluding carboxylic acids is 3. The summed E-state index contributed by atoms with van der Waals surface area (Å²) < 4.78 is 6.34. The molecular weight excluding hydrogens is 785 g/mol. The maximum Gasteiger partial charge on any atom is 0.223 e. The summed E-state index contributed by atoms with van der Waals surface area (Å²) in [4.78, 5) is 68.5. The lowest BCUT2D eigenvalue weighted by Gasteiger charge is -2.30. The highest BCUT2D eigenvalue weighted by Gasteiger charge is 2.38. The lowest BCUT2D eigenvalue weighted by atomic mass is 9.77. The zero-order valence-corrected chi connectivity index (χ0v) is 36.7. The van der Waals surface area contributed by atoms with Gasteiger partial charge in [-0.3, -0.25) is 24.0 Å². The SMILES string of the molecule is CCCC(=O)C1CCC(CNc2c(OC)c3c4c5c(c(CCC6CCC(C(=O)NCC)CC6)c(O)c6c(=O)cc(CO)c(c7c(CO)cc(=O)c2c74)c65)C=C(C)C3C(C)=O)CC1. The Labute approximate surface area is 361 Å². The zero-order chi connectivity index (χ0) is 44.1. The Morgan fingerprint density at radius 2 is 1.37 bits per heavy atom. The van der Waals surface area contributed by atoms with E-state index in [1.807, 2.05) is 26.8 Å². The summed E-state index contributed by atoms with van der Waals surface area (Å²) in [7, 11) is 1.53. The molecule has 1 amide bonds. The third-order valence-corrected chi connectivity index (χ3v) is 14.7. The molecule has 0 radical (unpaired) electrons. The quantitative estimate of drug-likeness (QED) is 0.0510. The normalized spacial score (nSPS) is 21.5. The lowest BCUT2D eigenvalue weighted by Crippen LogP contribution is -2.33. The summed E-state index contributed by atoms with van der Waals surface area (Å²) in [6.45, 7) is 7.43. The van der Waals surface area contributed by atoms with E-state index >= 15 is 0 Å². The van der Waals surface area contributed by atoms with Gasteiger partial charge in [0, 0.05) is 53.2 Å². The van der Waals surface area contributed by atoms with E-state index < -0.39 is 24.6 Å². The number of rotatable bonds is 15. The summed E-state index contributed by atoms with van der Waals surface area (Å²) in [5.74, 6) is 0.163. The van der Waals surface area contributed by atoms with Crippen molar-refractivity contribution in [3.05, 3.63) is 66.0 Å². The molecule has 3 aliphatic rings. The van der Waals surface area contributed by atoms with Crippen LogP contribution >= 0.6 is 0 Å². The number of nitrogens with one attached hydrogen (secondary N) is 2. The van der Waals surface area contributed by atoms with Gasteiger partial charge in [-0.1, -0.05) is 18.6 Å². The standard InChI is InChI=1S/C51H60N2O9/c1-6-8-35(57)29-14-11-28(12-15-29)22-53-48-42-36(58)20-31(23-54)40-39-32(24-55)21-37(59)43-44(39)41-34(19-25(3)38(26(4)56)47(50(48)62-5)46(41)45(40)42)33(49(43)60)18-13-27-9-16-30(17-10-27)51(61)52-7-2/h19-21,27-30,38,53-55,60H,6-18,22-24H2,1-5H3,(H,52,61). The van der Waals surface area contributed by atoms with Gasteiger partial charge in [0.25, 0.3) is 0 Å². The van der Waals surface area contributed by atoms with Crippen molar-refractivity contribution in [1.29, 1.82) is 0 Å². The predicted octanol–water partition coefficient (Wildman–Crippen LogP) is 8.15. The first kappa shape index (κ1) is 43.5. The Morgan fingerprint density at radius 1 is 0.774 bits per heavy atom. The van der Waals surface area contributed by atoms with Gasteiger partial charge in [0.2, 0.25) is 5.91 Å². The van der Waals surface area contributed by atoms with Crippen molar-refractivity contribution < 1.29 is 34.4 Å². The first-order valence-electron chi connectivity index (χ1n) is 22.8. The van der Waals surface area contributed by atoms with Gasteiger partial charge in [0.05, 0.1) is 42.7 Å². The van der Waals surface area contributed by atoms with E-state index in [0.717, 1.165) is 57.8 Å². The number of fused-ring (bicyclic) bond motifs is 1. The van der Waals surface area contributed by atoms with E-state index in [1.165, 1.54) is 26.2 Å². The van der Waals surface area contributed by atoms with Gasteiger partial charge in [-0.2, -0.15) is 0 Å². The predicted molar refractivity (Wildman–Crippen MR) is 245 cm³/mol. The molecule has 11 nitrogen and oxygen atoms in total. The van der Waals surface area contributed by atoms with Crippen LogP contribution in [0.25, 0.3) is 49.2 Å². The molecule has 62 heavy (non-hydrogen) atoms. The second-order valence-electron chi connectivity index (χ2n) is 18.3. The third-order valence-electron chi connectivity index (χ3n) is 14.7. The molecule has 0 spiro atoms. The van der Waals surface area contributed by atoms with Crippen molar-refractivity contribution in [2.24, 2.45) is 23.7 Å². The fourth-order valence-corrected chi connectivity index (χ4v) is 11.7. The van der Waals surface area contributed by atoms with E-state index in [-0.39, 0.29) is 51.9 Å². The number of aliphatic hydroxyl groups is 2. The number of hydrogen-bond acceptors (Lipinski definition) is 10. The van der Waals surface area contributed by atoms with Crippen LogP contribution in [-0.4, -0.2) is 53.0 Å². The highest BCUT2D eigenvalue weighted by molar-refractivity contribution is 6.39. The van der Waals surface area contributed by atoms with Gasteiger partial charge in [0.15, 0.2) is 10.9 Å². The van der Waals surface area contributed by atoms with Crippen LogP contribution in [0.4, 0.5) is 5.69 Å². The van der Waals surface area contributed by atoms with Crippen LogP contribution in [0.15, 0.2) is 27.3 Å². The summed E-state index contributed by atoms with van der Waals surface area (Å²) >= 11 is 0. The molecule has 1 atom stereocenters. The van der Waals surface area contributed by atoms with Crippen molar-refractivity contribution in [2.75, 3.05) is 25.5 Å². The summed E-state index contributed by atoms with van der Waals surface area (Å²) in [5, 5.41) is 44.3. The van der Waals surface area contributed by atoms with Crippen molar-refractivity contribution in [2.45, 2.75) is 124 Å².